The van der Waals surface area contributed by atoms with Gasteiger partial charge in [-0.15, -0.1) is 0 Å². The number of nitrogen functional groups attached to an aromatic ring is 1. The third-order valence-corrected chi connectivity index (χ3v) is 4.78. The number of carbonyl (C=O) groups is 1. The van der Waals surface area contributed by atoms with Crippen molar-refractivity contribution in [2.75, 3.05) is 17.6 Å². The van der Waals surface area contributed by atoms with Crippen molar-refractivity contribution >= 4 is 28.2 Å². The fraction of sp³-hybridized carbons (Fsp3) is 0.211. The second kappa shape index (κ2) is 6.39. The van der Waals surface area contributed by atoms with Gasteiger partial charge in [0.2, 0.25) is 5.88 Å². The number of hydrogen-bond donors (Lipinski definition) is 3. The number of aryl methyl sites for hydroxylation is 1. The number of nitrogens with zero attached hydrogens (tertiary/aromatic N) is 2. The molecule has 0 atom stereocenters. The number of halogens is 1. The van der Waals surface area contributed by atoms with Crippen LogP contribution in [0.3, 0.4) is 0 Å². The maximum absolute atomic E-state index is 15.0. The molecule has 0 saturated heterocycles. The van der Waals surface area contributed by atoms with Crippen LogP contribution >= 0.6 is 0 Å². The van der Waals surface area contributed by atoms with E-state index in [9.17, 15) is 4.79 Å². The number of primary amides is 1. The van der Waals surface area contributed by atoms with Crippen LogP contribution < -0.4 is 21.5 Å². The molecule has 1 aliphatic rings. The van der Waals surface area contributed by atoms with Gasteiger partial charge in [-0.05, 0) is 36.8 Å². The molecule has 7 nitrogen and oxygen atoms in total. The van der Waals surface area contributed by atoms with E-state index in [1.807, 2.05) is 6.92 Å². The molecular formula is C19H18FN5O2. The first-order valence-electron chi connectivity index (χ1n) is 8.53. The monoisotopic (exact) mass is 367 g/mol. The first-order valence-corrected chi connectivity index (χ1v) is 8.53. The molecule has 0 spiro atoms. The molecule has 8 heteroatoms. The third kappa shape index (κ3) is 2.88. The van der Waals surface area contributed by atoms with Crippen LogP contribution in [0.2, 0.25) is 0 Å². The van der Waals surface area contributed by atoms with E-state index in [1.54, 1.807) is 12.3 Å². The molecule has 0 bridgehead atoms. The molecule has 0 unspecified atom stereocenters. The molecule has 3 heterocycles. The second-order valence-corrected chi connectivity index (χ2v) is 6.47. The molecule has 0 aliphatic carbocycles. The Hall–Kier alpha value is -3.42. The molecular weight excluding hydrogens is 349 g/mol. The Bertz CT molecular complexity index is 1080. The Labute approximate surface area is 154 Å². The Morgan fingerprint density at radius 3 is 2.85 bits per heavy atom. The van der Waals surface area contributed by atoms with Gasteiger partial charge < -0.3 is 21.5 Å². The Morgan fingerprint density at radius 2 is 2.07 bits per heavy atom. The maximum atomic E-state index is 15.0. The molecule has 1 aromatic carbocycles. The summed E-state index contributed by atoms with van der Waals surface area (Å²) >= 11 is 0. The molecule has 0 radical (unpaired) electrons. The van der Waals surface area contributed by atoms with Gasteiger partial charge in [-0.2, -0.15) is 0 Å². The zero-order valence-electron chi connectivity index (χ0n) is 14.7. The van der Waals surface area contributed by atoms with Crippen molar-refractivity contribution in [3.8, 4) is 17.0 Å². The molecule has 1 amide bonds. The lowest BCUT2D eigenvalue weighted by atomic mass is 9.95. The quantitative estimate of drug-likeness (QED) is 0.599. The first kappa shape index (κ1) is 17.0. The van der Waals surface area contributed by atoms with Crippen molar-refractivity contribution in [1.29, 1.82) is 0 Å². The van der Waals surface area contributed by atoms with Gasteiger partial charge in [-0.1, -0.05) is 0 Å². The average Bonchev–Trinajstić information content (AvgIpc) is 2.65. The molecule has 3 aromatic rings. The van der Waals surface area contributed by atoms with Gasteiger partial charge in [-0.3, -0.25) is 4.98 Å². The zero-order valence-corrected chi connectivity index (χ0v) is 14.7. The number of hydrogen-bond acceptors (Lipinski definition) is 6. The number of pyridine rings is 2. The van der Waals surface area contributed by atoms with Gasteiger partial charge in [0.25, 0.3) is 0 Å². The number of carbonyl (C=O) groups excluding carboxylic acids is 1. The molecule has 5 N–H and O–H groups in total. The lowest BCUT2D eigenvalue weighted by molar-refractivity contribution is 0.209. The van der Waals surface area contributed by atoms with Crippen LogP contribution in [0.4, 0.5) is 20.6 Å². The Kier molecular flexibility index (Phi) is 4.02. The van der Waals surface area contributed by atoms with E-state index in [1.165, 1.54) is 12.3 Å². The molecule has 0 fully saturated rings. The van der Waals surface area contributed by atoms with E-state index < -0.39 is 11.9 Å². The number of ether oxygens (including phenoxy) is 1. The normalized spacial score (nSPS) is 13.1. The van der Waals surface area contributed by atoms with E-state index in [4.69, 9.17) is 16.2 Å². The van der Waals surface area contributed by atoms with Crippen LogP contribution in [0.25, 0.3) is 21.9 Å². The zero-order chi connectivity index (χ0) is 19.1. The number of nitrogens with two attached hydrogens (primary N) is 2. The minimum absolute atomic E-state index is 0.0221. The number of nitrogens with one attached hydrogen (secondary N) is 1. The topological polar surface area (TPSA) is 116 Å². The number of amides is 1. The summed E-state index contributed by atoms with van der Waals surface area (Å²) in [6, 6.07) is 3.15. The van der Waals surface area contributed by atoms with Gasteiger partial charge in [0.05, 0.1) is 17.1 Å². The molecule has 0 saturated carbocycles. The largest absolute Gasteiger partial charge is 0.411 e. The van der Waals surface area contributed by atoms with E-state index >= 15 is 4.39 Å². The lowest BCUT2D eigenvalue weighted by Gasteiger charge is -2.21. The summed E-state index contributed by atoms with van der Waals surface area (Å²) in [4.78, 5) is 19.4. The maximum Gasteiger partial charge on any atom is 0.411 e. The first-order chi connectivity index (χ1) is 13.0. The Morgan fingerprint density at radius 1 is 1.26 bits per heavy atom. The second-order valence-electron chi connectivity index (χ2n) is 6.47. The van der Waals surface area contributed by atoms with Crippen LogP contribution in [0.5, 0.6) is 5.88 Å². The fourth-order valence-electron chi connectivity index (χ4n) is 3.45. The van der Waals surface area contributed by atoms with Crippen molar-refractivity contribution in [2.45, 2.75) is 19.8 Å². The smallest absolute Gasteiger partial charge is 0.396 e. The van der Waals surface area contributed by atoms with E-state index in [-0.39, 0.29) is 11.6 Å². The number of benzene rings is 1. The van der Waals surface area contributed by atoms with Gasteiger partial charge >= 0.3 is 6.09 Å². The summed E-state index contributed by atoms with van der Waals surface area (Å²) in [5.74, 6) is -0.512. The summed E-state index contributed by atoms with van der Waals surface area (Å²) < 4.78 is 19.8. The summed E-state index contributed by atoms with van der Waals surface area (Å²) in [7, 11) is 0. The van der Waals surface area contributed by atoms with E-state index in [0.717, 1.165) is 36.3 Å². The van der Waals surface area contributed by atoms with Crippen molar-refractivity contribution in [1.82, 2.24) is 9.97 Å². The van der Waals surface area contributed by atoms with Crippen LogP contribution in [-0.4, -0.2) is 22.6 Å². The standard InChI is InChI=1S/C19H18FN5O2/c1-9-12(7-24-14-3-2-4-23-18(9)14)11-5-10-6-15(27-19(22)26)25-8-13(10)17(21)16(11)20/h5-8,23H,2-4,21H2,1H3,(H2,22,26). The minimum atomic E-state index is -0.974. The average molecular weight is 367 g/mol. The van der Waals surface area contributed by atoms with Crippen LogP contribution in [0.15, 0.2) is 24.5 Å². The highest BCUT2D eigenvalue weighted by Crippen LogP contribution is 2.38. The predicted molar refractivity (Wildman–Crippen MR) is 101 cm³/mol. The summed E-state index contributed by atoms with van der Waals surface area (Å²) in [5.41, 5.74) is 14.9. The van der Waals surface area contributed by atoms with Crippen molar-refractivity contribution in [3.63, 3.8) is 0 Å². The summed E-state index contributed by atoms with van der Waals surface area (Å²) in [5, 5.41) is 4.35. The van der Waals surface area contributed by atoms with Gasteiger partial charge in [-0.25, -0.2) is 14.2 Å². The molecule has 2 aromatic heterocycles. The molecule has 138 valence electrons. The molecule has 1 aliphatic heterocycles. The van der Waals surface area contributed by atoms with Gasteiger partial charge in [0.1, 0.15) is 0 Å². The fourth-order valence-corrected chi connectivity index (χ4v) is 3.45. The number of fused-ring (bicyclic) bond motifs is 2. The molecule has 4 rings (SSSR count). The van der Waals surface area contributed by atoms with Crippen LogP contribution in [0, 0.1) is 12.7 Å². The highest BCUT2D eigenvalue weighted by atomic mass is 19.1. The van der Waals surface area contributed by atoms with Gasteiger partial charge in [0.15, 0.2) is 5.82 Å². The predicted octanol–water partition coefficient (Wildman–Crippen LogP) is 3.14. The number of anilines is 2. The summed E-state index contributed by atoms with van der Waals surface area (Å²) in [6.45, 7) is 2.79. The lowest BCUT2D eigenvalue weighted by Crippen LogP contribution is -2.16. The highest BCUT2D eigenvalue weighted by Gasteiger charge is 2.20. The molecule has 27 heavy (non-hydrogen) atoms. The Balaban J connectivity index is 1.91. The SMILES string of the molecule is Cc1c(-c2cc3cc(OC(N)=O)ncc3c(N)c2F)cnc2c1NCCC2. The number of aromatic nitrogens is 2. The van der Waals surface area contributed by atoms with Crippen molar-refractivity contribution in [2.24, 2.45) is 5.73 Å². The number of rotatable bonds is 2. The highest BCUT2D eigenvalue weighted by molar-refractivity contribution is 5.98. The summed E-state index contributed by atoms with van der Waals surface area (Å²) in [6.07, 6.45) is 3.97. The van der Waals surface area contributed by atoms with Crippen LogP contribution in [-0.2, 0) is 6.42 Å². The van der Waals surface area contributed by atoms with Crippen LogP contribution in [0.1, 0.15) is 17.7 Å². The van der Waals surface area contributed by atoms with Crippen molar-refractivity contribution in [3.05, 3.63) is 41.6 Å². The van der Waals surface area contributed by atoms with Crippen molar-refractivity contribution < 1.29 is 13.9 Å². The minimum Gasteiger partial charge on any atom is -0.396 e. The van der Waals surface area contributed by atoms with E-state index in [0.29, 0.717) is 21.9 Å². The third-order valence-electron chi connectivity index (χ3n) is 4.78. The van der Waals surface area contributed by atoms with E-state index in [2.05, 4.69) is 15.3 Å². The van der Waals surface area contributed by atoms with Gasteiger partial charge in [0, 0.05) is 41.5 Å².